The van der Waals surface area contributed by atoms with Crippen molar-refractivity contribution in [2.75, 3.05) is 0 Å². The van der Waals surface area contributed by atoms with Crippen LogP contribution in [-0.4, -0.2) is 0 Å². The molecule has 0 atom stereocenters. The second kappa shape index (κ2) is 7.02. The molecule has 1 aromatic carbocycles. The Balaban J connectivity index is 1.91. The van der Waals surface area contributed by atoms with Crippen LogP contribution in [0.2, 0.25) is 0 Å². The van der Waals surface area contributed by atoms with Gasteiger partial charge in [0.15, 0.2) is 0 Å². The lowest BCUT2D eigenvalue weighted by atomic mass is 9.80. The largest absolute Gasteiger partial charge is 0.416 e. The highest BCUT2D eigenvalue weighted by atomic mass is 19.4. The molecule has 0 bridgehead atoms. The lowest BCUT2D eigenvalue weighted by Crippen LogP contribution is -2.13. The first-order valence-corrected chi connectivity index (χ1v) is 7.68. The molecule has 1 saturated carbocycles. The SMILES string of the molecule is CCCC1CCC(C#Cc2ccc(C(F)(F)F)cc2)CC1. The smallest absolute Gasteiger partial charge is 0.166 e. The molecule has 0 spiro atoms. The average Bonchev–Trinajstić information content (AvgIpc) is 2.46. The Hall–Kier alpha value is -1.43. The molecule has 0 aliphatic heterocycles. The predicted molar refractivity (Wildman–Crippen MR) is 78.7 cm³/mol. The minimum Gasteiger partial charge on any atom is -0.166 e. The summed E-state index contributed by atoms with van der Waals surface area (Å²) in [5.74, 6) is 7.50. The molecule has 0 unspecified atom stereocenters. The Morgan fingerprint density at radius 1 is 1.05 bits per heavy atom. The van der Waals surface area contributed by atoms with Gasteiger partial charge in [-0.1, -0.05) is 31.6 Å². The van der Waals surface area contributed by atoms with Gasteiger partial charge in [0.05, 0.1) is 5.56 Å². The minimum atomic E-state index is -4.27. The highest BCUT2D eigenvalue weighted by Crippen LogP contribution is 2.31. The van der Waals surface area contributed by atoms with E-state index >= 15 is 0 Å². The van der Waals surface area contributed by atoms with Crippen LogP contribution in [0.3, 0.4) is 0 Å². The van der Waals surface area contributed by atoms with Gasteiger partial charge in [0.25, 0.3) is 0 Å². The van der Waals surface area contributed by atoms with E-state index in [0.717, 1.165) is 30.9 Å². The molecule has 0 N–H and O–H groups in total. The van der Waals surface area contributed by atoms with Crippen molar-refractivity contribution in [1.82, 2.24) is 0 Å². The Morgan fingerprint density at radius 2 is 1.67 bits per heavy atom. The third-order valence-electron chi connectivity index (χ3n) is 4.18. The van der Waals surface area contributed by atoms with Crippen LogP contribution in [0.5, 0.6) is 0 Å². The van der Waals surface area contributed by atoms with Crippen molar-refractivity contribution < 1.29 is 13.2 Å². The van der Waals surface area contributed by atoms with Gasteiger partial charge in [-0.05, 0) is 55.9 Å². The molecule has 114 valence electrons. The average molecular weight is 294 g/mol. The van der Waals surface area contributed by atoms with Crippen LogP contribution in [-0.2, 0) is 6.18 Å². The molecule has 21 heavy (non-hydrogen) atoms. The number of rotatable bonds is 2. The van der Waals surface area contributed by atoms with Crippen molar-refractivity contribution in [3.05, 3.63) is 35.4 Å². The fourth-order valence-corrected chi connectivity index (χ4v) is 2.93. The fraction of sp³-hybridized carbons (Fsp3) is 0.556. The van der Waals surface area contributed by atoms with E-state index in [4.69, 9.17) is 0 Å². The summed E-state index contributed by atoms with van der Waals surface area (Å²) in [5.41, 5.74) is 0.0480. The maximum Gasteiger partial charge on any atom is 0.416 e. The quantitative estimate of drug-likeness (QED) is 0.617. The van der Waals surface area contributed by atoms with E-state index < -0.39 is 11.7 Å². The molecule has 0 nitrogen and oxygen atoms in total. The zero-order valence-corrected chi connectivity index (χ0v) is 12.3. The molecular weight excluding hydrogens is 273 g/mol. The van der Waals surface area contributed by atoms with Crippen LogP contribution in [0.15, 0.2) is 24.3 Å². The molecule has 0 aromatic heterocycles. The summed E-state index contributed by atoms with van der Waals surface area (Å²) in [5, 5.41) is 0. The van der Waals surface area contributed by atoms with Crippen LogP contribution >= 0.6 is 0 Å². The number of benzene rings is 1. The van der Waals surface area contributed by atoms with E-state index in [1.807, 2.05) is 0 Å². The van der Waals surface area contributed by atoms with E-state index in [9.17, 15) is 13.2 Å². The molecule has 0 saturated heterocycles. The van der Waals surface area contributed by atoms with Crippen LogP contribution in [0.1, 0.15) is 56.6 Å². The Kier molecular flexibility index (Phi) is 5.33. The van der Waals surface area contributed by atoms with Gasteiger partial charge < -0.3 is 0 Å². The molecule has 0 heterocycles. The lowest BCUT2D eigenvalue weighted by molar-refractivity contribution is -0.137. The molecule has 0 radical (unpaired) electrons. The molecule has 1 aliphatic rings. The molecule has 3 heteroatoms. The highest BCUT2D eigenvalue weighted by molar-refractivity contribution is 5.37. The predicted octanol–water partition coefficient (Wildman–Crippen LogP) is 5.66. The molecule has 1 aliphatic carbocycles. The summed E-state index contributed by atoms with van der Waals surface area (Å²) in [7, 11) is 0. The third kappa shape index (κ3) is 4.81. The van der Waals surface area contributed by atoms with Gasteiger partial charge in [0, 0.05) is 11.5 Å². The zero-order chi connectivity index (χ0) is 15.3. The molecule has 0 amide bonds. The van der Waals surface area contributed by atoms with Gasteiger partial charge in [-0.2, -0.15) is 13.2 Å². The number of hydrogen-bond donors (Lipinski definition) is 0. The van der Waals surface area contributed by atoms with Gasteiger partial charge in [0.1, 0.15) is 0 Å². The summed E-state index contributed by atoms with van der Waals surface area (Å²) in [6, 6.07) is 5.11. The van der Waals surface area contributed by atoms with Crippen molar-refractivity contribution in [3.63, 3.8) is 0 Å². The maximum absolute atomic E-state index is 12.5. The number of hydrogen-bond acceptors (Lipinski definition) is 0. The fourth-order valence-electron chi connectivity index (χ4n) is 2.93. The molecular formula is C18H21F3. The summed E-state index contributed by atoms with van der Waals surface area (Å²) < 4.78 is 37.4. The van der Waals surface area contributed by atoms with E-state index in [2.05, 4.69) is 18.8 Å². The summed E-state index contributed by atoms with van der Waals surface area (Å²) >= 11 is 0. The Bertz CT molecular complexity index is 494. The maximum atomic E-state index is 12.5. The third-order valence-corrected chi connectivity index (χ3v) is 4.18. The van der Waals surface area contributed by atoms with Gasteiger partial charge >= 0.3 is 6.18 Å². The topological polar surface area (TPSA) is 0 Å². The highest BCUT2D eigenvalue weighted by Gasteiger charge is 2.29. The van der Waals surface area contributed by atoms with E-state index in [1.165, 1.54) is 37.8 Å². The molecule has 1 aromatic rings. The Labute approximate surface area is 124 Å². The van der Waals surface area contributed by atoms with E-state index in [1.54, 1.807) is 0 Å². The van der Waals surface area contributed by atoms with Crippen molar-refractivity contribution >= 4 is 0 Å². The standard InChI is InChI=1S/C18H21F3/c1-2-3-14-4-6-15(7-5-14)8-9-16-10-12-17(13-11-16)18(19,20)21/h10-15H,2-7H2,1H3. The molecule has 1 fully saturated rings. The first kappa shape index (κ1) is 15.9. The van der Waals surface area contributed by atoms with E-state index in [0.29, 0.717) is 11.5 Å². The van der Waals surface area contributed by atoms with Crippen molar-refractivity contribution in [2.45, 2.75) is 51.6 Å². The van der Waals surface area contributed by atoms with Gasteiger partial charge in [0.2, 0.25) is 0 Å². The van der Waals surface area contributed by atoms with Crippen LogP contribution < -0.4 is 0 Å². The second-order valence-corrected chi connectivity index (χ2v) is 5.85. The first-order chi connectivity index (χ1) is 9.99. The number of halogens is 3. The Morgan fingerprint density at radius 3 is 2.19 bits per heavy atom. The monoisotopic (exact) mass is 294 g/mol. The van der Waals surface area contributed by atoms with Crippen LogP contribution in [0.4, 0.5) is 13.2 Å². The van der Waals surface area contributed by atoms with Crippen LogP contribution in [0.25, 0.3) is 0 Å². The lowest BCUT2D eigenvalue weighted by Gasteiger charge is -2.25. The van der Waals surface area contributed by atoms with E-state index in [-0.39, 0.29) is 0 Å². The summed E-state index contributed by atoms with van der Waals surface area (Å²) in [4.78, 5) is 0. The van der Waals surface area contributed by atoms with Gasteiger partial charge in [-0.3, -0.25) is 0 Å². The second-order valence-electron chi connectivity index (χ2n) is 5.85. The molecule has 2 rings (SSSR count). The van der Waals surface area contributed by atoms with Gasteiger partial charge in [-0.15, -0.1) is 0 Å². The summed E-state index contributed by atoms with van der Waals surface area (Å²) in [6.45, 7) is 2.22. The number of alkyl halides is 3. The first-order valence-electron chi connectivity index (χ1n) is 7.68. The van der Waals surface area contributed by atoms with Crippen molar-refractivity contribution in [2.24, 2.45) is 11.8 Å². The minimum absolute atomic E-state index is 0.403. The van der Waals surface area contributed by atoms with Gasteiger partial charge in [-0.25, -0.2) is 0 Å². The van der Waals surface area contributed by atoms with Crippen molar-refractivity contribution in [3.8, 4) is 11.8 Å². The zero-order valence-electron chi connectivity index (χ0n) is 12.3. The van der Waals surface area contributed by atoms with Crippen LogP contribution in [0, 0.1) is 23.7 Å². The van der Waals surface area contributed by atoms with Crippen molar-refractivity contribution in [1.29, 1.82) is 0 Å². The normalized spacial score (nSPS) is 22.5. The summed E-state index contributed by atoms with van der Waals surface area (Å²) in [6.07, 6.45) is 2.99.